The molecule has 26 heavy (non-hydrogen) atoms. The topological polar surface area (TPSA) is 72.5 Å². The number of carbonyl (C=O) groups excluding carboxylic acids is 1. The molecule has 0 fully saturated rings. The van der Waals surface area contributed by atoms with E-state index in [2.05, 4.69) is 10.8 Å². The van der Waals surface area contributed by atoms with E-state index in [9.17, 15) is 13.2 Å². The van der Waals surface area contributed by atoms with Crippen LogP contribution in [0, 0.1) is 0 Å². The summed E-state index contributed by atoms with van der Waals surface area (Å²) in [5.41, 5.74) is 1.15. The van der Waals surface area contributed by atoms with Crippen LogP contribution < -0.4 is 4.72 Å². The molecule has 2 rings (SSSR count). The van der Waals surface area contributed by atoms with Gasteiger partial charge in [-0.25, -0.2) is 13.1 Å². The molecular weight excluding hydrogens is 394 g/mol. The molecule has 1 heterocycles. The van der Waals surface area contributed by atoms with Crippen molar-refractivity contribution >= 4 is 38.9 Å². The van der Waals surface area contributed by atoms with Crippen molar-refractivity contribution in [3.05, 3.63) is 51.2 Å². The molecule has 0 unspecified atom stereocenters. The van der Waals surface area contributed by atoms with Gasteiger partial charge in [0.15, 0.2) is 0 Å². The van der Waals surface area contributed by atoms with Crippen molar-refractivity contribution in [3.63, 3.8) is 0 Å². The molecule has 0 aliphatic carbocycles. The minimum absolute atomic E-state index is 0.181. The first kappa shape index (κ1) is 20.9. The number of sulfonamides is 1. The molecule has 1 N–H and O–H groups in total. The summed E-state index contributed by atoms with van der Waals surface area (Å²) in [6, 6.07) is 8.15. The third kappa shape index (κ3) is 6.72. The molecule has 0 spiro atoms. The number of hydrogen-bond acceptors (Lipinski definition) is 5. The fourth-order valence-corrected chi connectivity index (χ4v) is 4.47. The smallest absolute Gasteiger partial charge is 0.306 e. The van der Waals surface area contributed by atoms with Crippen LogP contribution >= 0.6 is 22.9 Å². The number of rotatable bonds is 10. The van der Waals surface area contributed by atoms with Crippen LogP contribution in [-0.2, 0) is 32.4 Å². The normalized spacial score (nSPS) is 11.5. The minimum atomic E-state index is -3.51. The van der Waals surface area contributed by atoms with E-state index < -0.39 is 10.0 Å². The van der Waals surface area contributed by atoms with Crippen molar-refractivity contribution in [2.75, 3.05) is 13.2 Å². The molecule has 142 valence electrons. The lowest BCUT2D eigenvalue weighted by molar-refractivity contribution is -0.143. The largest absolute Gasteiger partial charge is 0.466 e. The molecule has 1 aromatic carbocycles. The number of halogens is 1. The number of benzene rings is 1. The maximum atomic E-state index is 12.2. The Bertz CT molecular complexity index is 816. The van der Waals surface area contributed by atoms with Gasteiger partial charge in [0.05, 0.1) is 17.9 Å². The maximum absolute atomic E-state index is 12.2. The number of ether oxygens (including phenoxy) is 1. The highest BCUT2D eigenvalue weighted by Crippen LogP contribution is 2.18. The van der Waals surface area contributed by atoms with Gasteiger partial charge >= 0.3 is 5.97 Å². The SMILES string of the molecule is CCOC(=O)CCc1cc(CCCNS(=O)(=O)c2ccc(Cl)cc2)cs1. The summed E-state index contributed by atoms with van der Waals surface area (Å²) in [7, 11) is -3.51. The zero-order valence-corrected chi connectivity index (χ0v) is 16.9. The Hall–Kier alpha value is -1.41. The summed E-state index contributed by atoms with van der Waals surface area (Å²) in [5.74, 6) is -0.181. The number of hydrogen-bond donors (Lipinski definition) is 1. The molecule has 0 aliphatic rings. The lowest BCUT2D eigenvalue weighted by Gasteiger charge is -2.06. The van der Waals surface area contributed by atoms with Crippen LogP contribution in [0.15, 0.2) is 40.6 Å². The van der Waals surface area contributed by atoms with E-state index in [1.165, 1.54) is 12.1 Å². The van der Waals surface area contributed by atoms with Gasteiger partial charge in [-0.2, -0.15) is 0 Å². The van der Waals surface area contributed by atoms with E-state index in [0.29, 0.717) is 37.4 Å². The molecule has 0 radical (unpaired) electrons. The molecule has 0 saturated heterocycles. The van der Waals surface area contributed by atoms with Crippen LogP contribution in [-0.4, -0.2) is 27.5 Å². The standard InChI is InChI=1S/C18H22ClNO4S2/c1-2-24-18(21)10-7-16-12-14(13-25-16)4-3-11-20-26(22,23)17-8-5-15(19)6-9-17/h5-6,8-9,12-13,20H,2-4,7,10-11H2,1H3. The van der Waals surface area contributed by atoms with Gasteiger partial charge in [0, 0.05) is 16.4 Å². The second kappa shape index (κ2) is 10.1. The summed E-state index contributed by atoms with van der Waals surface area (Å²) in [4.78, 5) is 12.7. The fourth-order valence-electron chi connectivity index (χ4n) is 2.34. The van der Waals surface area contributed by atoms with E-state index in [1.807, 2.05) is 5.38 Å². The molecule has 0 bridgehead atoms. The van der Waals surface area contributed by atoms with Gasteiger partial charge in [-0.3, -0.25) is 4.79 Å². The van der Waals surface area contributed by atoms with Crippen molar-refractivity contribution < 1.29 is 17.9 Å². The molecule has 1 aromatic heterocycles. The Morgan fingerprint density at radius 2 is 1.96 bits per heavy atom. The van der Waals surface area contributed by atoms with Gasteiger partial charge in [-0.1, -0.05) is 11.6 Å². The van der Waals surface area contributed by atoms with Crippen molar-refractivity contribution in [3.8, 4) is 0 Å². The highest BCUT2D eigenvalue weighted by atomic mass is 35.5. The molecule has 0 atom stereocenters. The van der Waals surface area contributed by atoms with Crippen molar-refractivity contribution in [2.24, 2.45) is 0 Å². The first-order chi connectivity index (χ1) is 12.4. The molecule has 0 saturated carbocycles. The van der Waals surface area contributed by atoms with Gasteiger partial charge in [0.25, 0.3) is 0 Å². The molecule has 0 aliphatic heterocycles. The zero-order valence-electron chi connectivity index (χ0n) is 14.5. The van der Waals surface area contributed by atoms with E-state index in [4.69, 9.17) is 16.3 Å². The Morgan fingerprint density at radius 1 is 1.23 bits per heavy atom. The lowest BCUT2D eigenvalue weighted by Crippen LogP contribution is -2.25. The van der Waals surface area contributed by atoms with Crippen molar-refractivity contribution in [1.29, 1.82) is 0 Å². The fraction of sp³-hybridized carbons (Fsp3) is 0.389. The monoisotopic (exact) mass is 415 g/mol. The Kier molecular flexibility index (Phi) is 8.09. The Balaban J connectivity index is 1.74. The molecule has 5 nitrogen and oxygen atoms in total. The van der Waals surface area contributed by atoms with E-state index in [-0.39, 0.29) is 10.9 Å². The van der Waals surface area contributed by atoms with Gasteiger partial charge in [-0.05, 0) is 67.5 Å². The van der Waals surface area contributed by atoms with Crippen LogP contribution in [0.1, 0.15) is 30.2 Å². The highest BCUT2D eigenvalue weighted by molar-refractivity contribution is 7.89. The summed E-state index contributed by atoms with van der Waals surface area (Å²) in [5, 5.41) is 2.55. The number of esters is 1. The van der Waals surface area contributed by atoms with Crippen LogP contribution in [0.25, 0.3) is 0 Å². The van der Waals surface area contributed by atoms with Gasteiger partial charge in [0.1, 0.15) is 0 Å². The van der Waals surface area contributed by atoms with Crippen LogP contribution in [0.4, 0.5) is 0 Å². The highest BCUT2D eigenvalue weighted by Gasteiger charge is 2.13. The molecule has 0 amide bonds. The van der Waals surface area contributed by atoms with Crippen molar-refractivity contribution in [2.45, 2.75) is 37.5 Å². The first-order valence-corrected chi connectivity index (χ1v) is 11.1. The quantitative estimate of drug-likeness (QED) is 0.473. The molecule has 2 aromatic rings. The second-order valence-electron chi connectivity index (χ2n) is 5.68. The van der Waals surface area contributed by atoms with Crippen LogP contribution in [0.5, 0.6) is 0 Å². The van der Waals surface area contributed by atoms with Gasteiger partial charge in [-0.15, -0.1) is 11.3 Å². The third-order valence-electron chi connectivity index (χ3n) is 3.65. The average molecular weight is 416 g/mol. The summed E-state index contributed by atoms with van der Waals surface area (Å²) >= 11 is 7.39. The van der Waals surface area contributed by atoms with Gasteiger partial charge < -0.3 is 4.74 Å². The van der Waals surface area contributed by atoms with Crippen molar-refractivity contribution in [1.82, 2.24) is 4.72 Å². The van der Waals surface area contributed by atoms with Crippen LogP contribution in [0.2, 0.25) is 5.02 Å². The Labute approximate surface area is 163 Å². The number of nitrogens with one attached hydrogen (secondary N) is 1. The second-order valence-corrected chi connectivity index (χ2v) is 8.88. The lowest BCUT2D eigenvalue weighted by atomic mass is 10.1. The minimum Gasteiger partial charge on any atom is -0.466 e. The van der Waals surface area contributed by atoms with Gasteiger partial charge in [0.2, 0.25) is 10.0 Å². The Morgan fingerprint density at radius 3 is 2.65 bits per heavy atom. The number of aryl methyl sites for hydroxylation is 2. The zero-order chi connectivity index (χ0) is 19.0. The predicted molar refractivity (Wildman–Crippen MR) is 104 cm³/mol. The molecular formula is C18H22ClNO4S2. The van der Waals surface area contributed by atoms with E-state index >= 15 is 0 Å². The van der Waals surface area contributed by atoms with E-state index in [1.54, 1.807) is 30.4 Å². The molecule has 8 heteroatoms. The average Bonchev–Trinajstić information content (AvgIpc) is 3.05. The summed E-state index contributed by atoms with van der Waals surface area (Å²) in [6.07, 6.45) is 2.53. The predicted octanol–water partition coefficient (Wildman–Crippen LogP) is 3.81. The number of thiophene rings is 1. The van der Waals surface area contributed by atoms with E-state index in [0.717, 1.165) is 16.9 Å². The number of carbonyl (C=O) groups is 1. The summed E-state index contributed by atoms with van der Waals surface area (Å²) in [6.45, 7) is 2.56. The van der Waals surface area contributed by atoms with Crippen LogP contribution in [0.3, 0.4) is 0 Å². The third-order valence-corrected chi connectivity index (χ3v) is 6.42. The first-order valence-electron chi connectivity index (χ1n) is 8.38. The summed E-state index contributed by atoms with van der Waals surface area (Å²) < 4.78 is 31.8. The maximum Gasteiger partial charge on any atom is 0.306 e.